The van der Waals surface area contributed by atoms with Crippen molar-refractivity contribution in [2.45, 2.75) is 11.6 Å². The molecule has 1 heterocycles. The minimum Gasteiger partial charge on any atom is -0.446 e. The maximum absolute atomic E-state index is 11.1. The lowest BCUT2D eigenvalue weighted by Gasteiger charge is -2.06. The van der Waals surface area contributed by atoms with E-state index in [1.165, 1.54) is 6.07 Å². The van der Waals surface area contributed by atoms with Crippen LogP contribution in [0.1, 0.15) is 5.76 Å². The molecule has 6 heteroatoms. The summed E-state index contributed by atoms with van der Waals surface area (Å²) in [5, 5.41) is 10.3. The zero-order chi connectivity index (χ0) is 14.9. The zero-order valence-corrected chi connectivity index (χ0v) is 11.9. The SMILES string of the molecule is NS(=O)(=O)c1ccc(CNc2ccc3ccccc3c2)o1. The molecule has 0 saturated carbocycles. The van der Waals surface area contributed by atoms with Gasteiger partial charge in [0.1, 0.15) is 5.76 Å². The summed E-state index contributed by atoms with van der Waals surface area (Å²) in [6.45, 7) is 0.383. The molecule has 108 valence electrons. The lowest BCUT2D eigenvalue weighted by atomic mass is 10.1. The van der Waals surface area contributed by atoms with E-state index in [4.69, 9.17) is 9.56 Å². The van der Waals surface area contributed by atoms with Crippen molar-refractivity contribution in [2.24, 2.45) is 5.14 Å². The predicted molar refractivity (Wildman–Crippen MR) is 81.4 cm³/mol. The molecular weight excluding hydrogens is 288 g/mol. The molecule has 0 spiro atoms. The third-order valence-corrected chi connectivity index (χ3v) is 3.91. The van der Waals surface area contributed by atoms with Gasteiger partial charge < -0.3 is 9.73 Å². The van der Waals surface area contributed by atoms with Crippen molar-refractivity contribution >= 4 is 26.5 Å². The summed E-state index contributed by atoms with van der Waals surface area (Å²) < 4.78 is 27.4. The number of nitrogens with one attached hydrogen (secondary N) is 1. The minimum atomic E-state index is -3.79. The number of sulfonamides is 1. The average molecular weight is 302 g/mol. The fraction of sp³-hybridized carbons (Fsp3) is 0.0667. The summed E-state index contributed by atoms with van der Waals surface area (Å²) in [6, 6.07) is 17.0. The molecule has 5 nitrogen and oxygen atoms in total. The van der Waals surface area contributed by atoms with E-state index in [1.54, 1.807) is 6.07 Å². The highest BCUT2D eigenvalue weighted by Crippen LogP contribution is 2.20. The van der Waals surface area contributed by atoms with E-state index in [2.05, 4.69) is 5.32 Å². The van der Waals surface area contributed by atoms with Crippen LogP contribution in [0.4, 0.5) is 5.69 Å². The van der Waals surface area contributed by atoms with Gasteiger partial charge in [-0.3, -0.25) is 0 Å². The molecule has 0 aliphatic heterocycles. The van der Waals surface area contributed by atoms with Gasteiger partial charge in [0.25, 0.3) is 10.0 Å². The predicted octanol–water partition coefficient (Wildman–Crippen LogP) is 2.69. The van der Waals surface area contributed by atoms with Crippen molar-refractivity contribution in [3.05, 3.63) is 60.4 Å². The van der Waals surface area contributed by atoms with Gasteiger partial charge in [-0.15, -0.1) is 0 Å². The second-order valence-electron chi connectivity index (χ2n) is 4.68. The van der Waals surface area contributed by atoms with Crippen molar-refractivity contribution in [1.29, 1.82) is 0 Å². The highest BCUT2D eigenvalue weighted by molar-refractivity contribution is 7.89. The Balaban J connectivity index is 1.75. The quantitative estimate of drug-likeness (QED) is 0.776. The molecular formula is C15H14N2O3S. The maximum Gasteiger partial charge on any atom is 0.271 e. The van der Waals surface area contributed by atoms with E-state index in [0.29, 0.717) is 12.3 Å². The van der Waals surface area contributed by atoms with Gasteiger partial charge in [0.2, 0.25) is 5.09 Å². The standard InChI is InChI=1S/C15H14N2O3S/c16-21(18,19)15-8-7-14(20-15)10-17-13-6-5-11-3-1-2-4-12(11)9-13/h1-9,17H,10H2,(H2,16,18,19). The molecule has 3 rings (SSSR count). The summed E-state index contributed by atoms with van der Waals surface area (Å²) in [4.78, 5) is 0. The van der Waals surface area contributed by atoms with Crippen LogP contribution >= 0.6 is 0 Å². The zero-order valence-electron chi connectivity index (χ0n) is 11.1. The summed E-state index contributed by atoms with van der Waals surface area (Å²) in [5.41, 5.74) is 0.933. The van der Waals surface area contributed by atoms with E-state index in [9.17, 15) is 8.42 Å². The number of primary sulfonamides is 1. The Hall–Kier alpha value is -2.31. The number of hydrogen-bond donors (Lipinski definition) is 2. The first-order valence-electron chi connectivity index (χ1n) is 6.36. The lowest BCUT2D eigenvalue weighted by Crippen LogP contribution is -2.10. The summed E-state index contributed by atoms with van der Waals surface area (Å²) in [6.07, 6.45) is 0. The molecule has 0 aliphatic carbocycles. The van der Waals surface area contributed by atoms with E-state index in [-0.39, 0.29) is 5.09 Å². The number of furan rings is 1. The number of benzene rings is 2. The number of nitrogens with two attached hydrogens (primary N) is 1. The Morgan fingerprint density at radius 1 is 1.00 bits per heavy atom. The van der Waals surface area contributed by atoms with Crippen molar-refractivity contribution in [2.75, 3.05) is 5.32 Å². The Morgan fingerprint density at radius 2 is 1.76 bits per heavy atom. The first-order chi connectivity index (χ1) is 10.0. The molecule has 0 atom stereocenters. The molecule has 0 bridgehead atoms. The topological polar surface area (TPSA) is 85.3 Å². The van der Waals surface area contributed by atoms with Gasteiger partial charge >= 0.3 is 0 Å². The molecule has 2 aromatic carbocycles. The molecule has 0 saturated heterocycles. The largest absolute Gasteiger partial charge is 0.446 e. The molecule has 0 radical (unpaired) electrons. The van der Waals surface area contributed by atoms with Crippen LogP contribution in [0.3, 0.4) is 0 Å². The fourth-order valence-electron chi connectivity index (χ4n) is 2.09. The van der Waals surface area contributed by atoms with Crippen molar-refractivity contribution in [3.8, 4) is 0 Å². The molecule has 0 fully saturated rings. The van der Waals surface area contributed by atoms with Gasteiger partial charge in [0.15, 0.2) is 0 Å². The van der Waals surface area contributed by atoms with Crippen LogP contribution in [-0.2, 0) is 16.6 Å². The monoisotopic (exact) mass is 302 g/mol. The van der Waals surface area contributed by atoms with Crippen molar-refractivity contribution in [3.63, 3.8) is 0 Å². The Kier molecular flexibility index (Phi) is 3.40. The molecule has 0 amide bonds. The Labute approximate surface area is 122 Å². The van der Waals surface area contributed by atoms with E-state index in [0.717, 1.165) is 16.5 Å². The number of anilines is 1. The lowest BCUT2D eigenvalue weighted by molar-refractivity contribution is 0.419. The van der Waals surface area contributed by atoms with Crippen LogP contribution in [0.25, 0.3) is 10.8 Å². The smallest absolute Gasteiger partial charge is 0.271 e. The third-order valence-electron chi connectivity index (χ3n) is 3.13. The number of fused-ring (bicyclic) bond motifs is 1. The van der Waals surface area contributed by atoms with Crippen molar-refractivity contribution in [1.82, 2.24) is 0 Å². The normalized spacial score (nSPS) is 11.7. The molecule has 0 unspecified atom stereocenters. The first kappa shape index (κ1) is 13.7. The first-order valence-corrected chi connectivity index (χ1v) is 7.91. The summed E-state index contributed by atoms with van der Waals surface area (Å²) >= 11 is 0. The molecule has 21 heavy (non-hydrogen) atoms. The molecule has 0 aliphatic rings. The van der Waals surface area contributed by atoms with Crippen LogP contribution in [0.2, 0.25) is 0 Å². The molecule has 3 aromatic rings. The summed E-state index contributed by atoms with van der Waals surface area (Å²) in [7, 11) is -3.79. The second-order valence-corrected chi connectivity index (χ2v) is 6.17. The van der Waals surface area contributed by atoms with Crippen LogP contribution < -0.4 is 10.5 Å². The third kappa shape index (κ3) is 3.07. The van der Waals surface area contributed by atoms with Gasteiger partial charge in [0, 0.05) is 5.69 Å². The number of rotatable bonds is 4. The van der Waals surface area contributed by atoms with Crippen LogP contribution in [-0.4, -0.2) is 8.42 Å². The Morgan fingerprint density at radius 3 is 2.48 bits per heavy atom. The van der Waals surface area contributed by atoms with E-state index < -0.39 is 10.0 Å². The second kappa shape index (κ2) is 5.23. The summed E-state index contributed by atoms with van der Waals surface area (Å²) in [5.74, 6) is 0.507. The van der Waals surface area contributed by atoms with Crippen LogP contribution in [0.5, 0.6) is 0 Å². The molecule has 1 aromatic heterocycles. The fourth-order valence-corrected chi connectivity index (χ4v) is 2.58. The average Bonchev–Trinajstić information content (AvgIpc) is 2.94. The minimum absolute atomic E-state index is 0.224. The maximum atomic E-state index is 11.1. The van der Waals surface area contributed by atoms with Crippen molar-refractivity contribution < 1.29 is 12.8 Å². The van der Waals surface area contributed by atoms with E-state index in [1.807, 2.05) is 42.5 Å². The Bertz CT molecular complexity index is 885. The van der Waals surface area contributed by atoms with E-state index >= 15 is 0 Å². The number of hydrogen-bond acceptors (Lipinski definition) is 4. The van der Waals surface area contributed by atoms with Gasteiger partial charge in [0.05, 0.1) is 6.54 Å². The van der Waals surface area contributed by atoms with Crippen LogP contribution in [0, 0.1) is 0 Å². The molecule has 3 N–H and O–H groups in total. The van der Waals surface area contributed by atoms with Gasteiger partial charge in [-0.2, -0.15) is 0 Å². The van der Waals surface area contributed by atoms with Crippen LogP contribution in [0.15, 0.2) is 64.1 Å². The van der Waals surface area contributed by atoms with Gasteiger partial charge in [-0.05, 0) is 35.0 Å². The van der Waals surface area contributed by atoms with Gasteiger partial charge in [-0.1, -0.05) is 30.3 Å². The highest BCUT2D eigenvalue weighted by atomic mass is 32.2. The van der Waals surface area contributed by atoms with Gasteiger partial charge in [-0.25, -0.2) is 13.6 Å². The highest BCUT2D eigenvalue weighted by Gasteiger charge is 2.12.